The van der Waals surface area contributed by atoms with Crippen molar-refractivity contribution < 1.29 is 17.7 Å². The minimum absolute atomic E-state index is 0.936. The van der Waals surface area contributed by atoms with Gasteiger partial charge in [-0.3, -0.25) is 0 Å². The fraction of sp³-hybridized carbons (Fsp3) is 1.00. The van der Waals surface area contributed by atoms with Gasteiger partial charge in [-0.15, -0.1) is 0 Å². The standard InChI is InChI=1S/C21H46O3SSi.C21H46OSSi/c1-22-26(23-2,24-3)21-19-17-15-13-11-9-7-5-4-6-8-10-12-14-16-18-20-25;1-22-24(2,3)21-19-17-15-13-11-9-7-5-4-6-8-10-12-14-16-18-20-23/h25H,4-21H2,1-3H3;23H,4-21H2,1-3H3. The molecule has 0 saturated carbocycles. The van der Waals surface area contributed by atoms with Crippen molar-refractivity contribution in [3.8, 4) is 0 Å². The zero-order valence-electron chi connectivity index (χ0n) is 35.0. The van der Waals surface area contributed by atoms with E-state index in [-0.39, 0.29) is 0 Å². The second kappa shape index (κ2) is 42.7. The molecule has 0 spiro atoms. The van der Waals surface area contributed by atoms with E-state index in [0.717, 1.165) is 24.0 Å². The summed E-state index contributed by atoms with van der Waals surface area (Å²) in [5, 5.41) is 0. The molecule has 304 valence electrons. The van der Waals surface area contributed by atoms with Crippen molar-refractivity contribution in [3.05, 3.63) is 0 Å². The average molecular weight is 781 g/mol. The van der Waals surface area contributed by atoms with E-state index in [2.05, 4.69) is 38.4 Å². The van der Waals surface area contributed by atoms with Crippen molar-refractivity contribution >= 4 is 42.4 Å². The molecule has 0 aliphatic rings. The fourth-order valence-electron chi connectivity index (χ4n) is 6.72. The molecule has 8 heteroatoms. The molecule has 0 heterocycles. The summed E-state index contributed by atoms with van der Waals surface area (Å²) in [4.78, 5) is 0. The van der Waals surface area contributed by atoms with E-state index in [9.17, 15) is 0 Å². The molecule has 0 N–H and O–H groups in total. The van der Waals surface area contributed by atoms with Crippen LogP contribution in [0.5, 0.6) is 0 Å². The Bertz CT molecular complexity index is 618. The highest BCUT2D eigenvalue weighted by atomic mass is 32.1. The lowest BCUT2D eigenvalue weighted by atomic mass is 10.0. The van der Waals surface area contributed by atoms with Gasteiger partial charge in [-0.2, -0.15) is 25.3 Å². The summed E-state index contributed by atoms with van der Waals surface area (Å²) < 4.78 is 22.0. The van der Waals surface area contributed by atoms with Crippen LogP contribution >= 0.6 is 25.3 Å². The molecule has 0 aromatic heterocycles. The van der Waals surface area contributed by atoms with Crippen LogP contribution in [0.15, 0.2) is 0 Å². The van der Waals surface area contributed by atoms with Crippen molar-refractivity contribution in [1.82, 2.24) is 0 Å². The van der Waals surface area contributed by atoms with Crippen LogP contribution in [0, 0.1) is 0 Å². The molecular weight excluding hydrogens is 689 g/mol. The number of hydrogen-bond donors (Lipinski definition) is 2. The third-order valence-electron chi connectivity index (χ3n) is 10.6. The van der Waals surface area contributed by atoms with E-state index in [4.69, 9.17) is 17.7 Å². The Morgan fingerprint density at radius 1 is 0.280 bits per heavy atom. The molecule has 0 atom stereocenters. The molecule has 4 nitrogen and oxygen atoms in total. The number of rotatable bonds is 40. The molecule has 0 amide bonds. The van der Waals surface area contributed by atoms with Gasteiger partial charge in [0.2, 0.25) is 0 Å². The largest absolute Gasteiger partial charge is 0.500 e. The molecule has 0 saturated heterocycles. The van der Waals surface area contributed by atoms with Gasteiger partial charge < -0.3 is 17.7 Å². The van der Waals surface area contributed by atoms with Gasteiger partial charge in [-0.05, 0) is 49.9 Å². The smallest absolute Gasteiger partial charge is 0.420 e. The van der Waals surface area contributed by atoms with Crippen molar-refractivity contribution in [2.75, 3.05) is 39.9 Å². The maximum atomic E-state index is 5.60. The van der Waals surface area contributed by atoms with Crippen molar-refractivity contribution in [3.63, 3.8) is 0 Å². The first-order valence-electron chi connectivity index (χ1n) is 21.8. The summed E-state index contributed by atoms with van der Waals surface area (Å²) in [5.41, 5.74) is 0. The topological polar surface area (TPSA) is 36.9 Å². The van der Waals surface area contributed by atoms with Crippen LogP contribution in [0.2, 0.25) is 25.2 Å². The Morgan fingerprint density at radius 3 is 0.680 bits per heavy atom. The van der Waals surface area contributed by atoms with Crippen molar-refractivity contribution in [2.24, 2.45) is 0 Å². The van der Waals surface area contributed by atoms with Crippen molar-refractivity contribution in [1.29, 1.82) is 0 Å². The molecule has 0 aromatic carbocycles. The summed E-state index contributed by atoms with van der Waals surface area (Å²) in [6, 6.07) is 2.27. The lowest BCUT2D eigenvalue weighted by Gasteiger charge is -2.24. The molecule has 0 aromatic rings. The van der Waals surface area contributed by atoms with Gasteiger partial charge in [0.1, 0.15) is 0 Å². The summed E-state index contributed by atoms with van der Waals surface area (Å²) in [6.45, 7) is 4.66. The summed E-state index contributed by atoms with van der Waals surface area (Å²) >= 11 is 8.52. The van der Waals surface area contributed by atoms with Crippen molar-refractivity contribution in [2.45, 2.75) is 231 Å². The normalized spacial score (nSPS) is 12.0. The fourth-order valence-corrected chi connectivity index (χ4v) is 10.3. The highest BCUT2D eigenvalue weighted by molar-refractivity contribution is 7.80. The quantitative estimate of drug-likeness (QED) is 0.0369. The molecule has 0 aliphatic carbocycles. The second-order valence-corrected chi connectivity index (χ2v) is 23.9. The molecule has 0 rings (SSSR count). The first-order valence-corrected chi connectivity index (χ1v) is 28.1. The van der Waals surface area contributed by atoms with E-state index in [1.165, 1.54) is 205 Å². The Balaban J connectivity index is 0. The highest BCUT2D eigenvalue weighted by Crippen LogP contribution is 2.20. The number of hydrogen-bond acceptors (Lipinski definition) is 6. The predicted octanol–water partition coefficient (Wildman–Crippen LogP) is 15.0. The van der Waals surface area contributed by atoms with Gasteiger partial charge in [0.05, 0.1) is 0 Å². The second-order valence-electron chi connectivity index (χ2n) is 15.5. The van der Waals surface area contributed by atoms with Crippen LogP contribution in [0.4, 0.5) is 0 Å². The summed E-state index contributed by atoms with van der Waals surface area (Å²) in [5.74, 6) is 2.12. The van der Waals surface area contributed by atoms with E-state index < -0.39 is 17.1 Å². The SMILES string of the molecule is CO[Si](C)(C)CCCCCCCCCCCCCCCCCCS.CO[Si](CCCCCCCCCCCCCCCCCCS)(OC)OC. The van der Waals surface area contributed by atoms with Gasteiger partial charge in [-0.25, -0.2) is 0 Å². The zero-order chi connectivity index (χ0) is 37.3. The van der Waals surface area contributed by atoms with Gasteiger partial charge in [0.15, 0.2) is 8.32 Å². The Labute approximate surface area is 329 Å². The molecule has 0 unspecified atom stereocenters. The van der Waals surface area contributed by atoms with Crippen LogP contribution in [-0.2, 0) is 17.7 Å². The number of unbranched alkanes of at least 4 members (excludes halogenated alkanes) is 30. The zero-order valence-corrected chi connectivity index (χ0v) is 38.8. The van der Waals surface area contributed by atoms with Gasteiger partial charge in [0, 0.05) is 34.5 Å². The first-order chi connectivity index (χ1) is 24.4. The summed E-state index contributed by atoms with van der Waals surface area (Å²) in [7, 11) is 3.36. The van der Waals surface area contributed by atoms with Crippen LogP contribution < -0.4 is 0 Å². The Kier molecular flexibility index (Phi) is 45.3. The lowest BCUT2D eigenvalue weighted by Crippen LogP contribution is -2.42. The van der Waals surface area contributed by atoms with Crippen LogP contribution in [-0.4, -0.2) is 57.1 Å². The highest BCUT2D eigenvalue weighted by Gasteiger charge is 2.36. The maximum absolute atomic E-state index is 5.60. The first kappa shape index (κ1) is 53.1. The summed E-state index contributed by atoms with van der Waals surface area (Å²) in [6.07, 6.45) is 44.9. The minimum atomic E-state index is -2.33. The molecule has 0 bridgehead atoms. The lowest BCUT2D eigenvalue weighted by molar-refractivity contribution is 0.122. The minimum Gasteiger partial charge on any atom is -0.420 e. The third-order valence-corrected chi connectivity index (χ3v) is 16.7. The molecule has 50 heavy (non-hydrogen) atoms. The monoisotopic (exact) mass is 781 g/mol. The van der Waals surface area contributed by atoms with Gasteiger partial charge in [-0.1, -0.05) is 186 Å². The molecule has 0 fully saturated rings. The van der Waals surface area contributed by atoms with E-state index in [1.54, 1.807) is 21.3 Å². The van der Waals surface area contributed by atoms with Gasteiger partial charge in [0.25, 0.3) is 0 Å². The molecule has 0 aliphatic heterocycles. The van der Waals surface area contributed by atoms with E-state index in [0.29, 0.717) is 0 Å². The number of thiol groups is 2. The van der Waals surface area contributed by atoms with Gasteiger partial charge >= 0.3 is 8.80 Å². The molecule has 0 radical (unpaired) electrons. The van der Waals surface area contributed by atoms with Crippen LogP contribution in [0.3, 0.4) is 0 Å². The van der Waals surface area contributed by atoms with E-state index >= 15 is 0 Å². The molecular formula is C42H92O4S2Si2. The average Bonchev–Trinajstić information content (AvgIpc) is 3.13. The van der Waals surface area contributed by atoms with Crippen LogP contribution in [0.25, 0.3) is 0 Å². The predicted molar refractivity (Wildman–Crippen MR) is 236 cm³/mol. The Hall–Kier alpha value is 0.974. The third kappa shape index (κ3) is 40.2. The maximum Gasteiger partial charge on any atom is 0.500 e. The Morgan fingerprint density at radius 2 is 0.480 bits per heavy atom. The van der Waals surface area contributed by atoms with E-state index in [1.807, 2.05) is 7.11 Å². The van der Waals surface area contributed by atoms with Crippen LogP contribution in [0.1, 0.15) is 205 Å².